The van der Waals surface area contributed by atoms with Gasteiger partial charge < -0.3 is 5.73 Å². The molecule has 0 aromatic rings. The largest absolute Gasteiger partial charge is 0.327 e. The van der Waals surface area contributed by atoms with Gasteiger partial charge in [0.15, 0.2) is 0 Å². The fourth-order valence-electron chi connectivity index (χ4n) is 2.10. The molecule has 0 aromatic heterocycles. The maximum atomic E-state index is 14.3. The van der Waals surface area contributed by atoms with Crippen LogP contribution in [0.1, 0.15) is 51.9 Å². The molecular formula is C12H22FN. The summed E-state index contributed by atoms with van der Waals surface area (Å²) in [6, 6.07) is 0. The van der Waals surface area contributed by atoms with Crippen LogP contribution in [0.5, 0.6) is 0 Å². The number of nitrogens with two attached hydrogens (primary N) is 1. The molecule has 2 N–H and O–H groups in total. The number of halogens is 1. The van der Waals surface area contributed by atoms with Crippen LogP contribution in [0.3, 0.4) is 0 Å². The van der Waals surface area contributed by atoms with Gasteiger partial charge in [0.1, 0.15) is 5.67 Å². The maximum Gasteiger partial charge on any atom is 0.143 e. The van der Waals surface area contributed by atoms with E-state index in [0.717, 1.165) is 24.8 Å². The van der Waals surface area contributed by atoms with E-state index in [9.17, 15) is 4.39 Å². The molecule has 0 radical (unpaired) electrons. The quantitative estimate of drug-likeness (QED) is 0.693. The van der Waals surface area contributed by atoms with Crippen molar-refractivity contribution < 1.29 is 4.39 Å². The lowest BCUT2D eigenvalue weighted by Crippen LogP contribution is -2.34. The predicted molar refractivity (Wildman–Crippen MR) is 59.0 cm³/mol. The van der Waals surface area contributed by atoms with Gasteiger partial charge >= 0.3 is 0 Å². The van der Waals surface area contributed by atoms with Crippen LogP contribution in [0, 0.1) is 0 Å². The zero-order valence-corrected chi connectivity index (χ0v) is 9.19. The molecule has 1 atom stereocenters. The van der Waals surface area contributed by atoms with Crippen LogP contribution in [0.2, 0.25) is 0 Å². The molecule has 0 spiro atoms. The van der Waals surface area contributed by atoms with Crippen molar-refractivity contribution in [3.05, 3.63) is 11.6 Å². The first-order valence-corrected chi connectivity index (χ1v) is 5.81. The lowest BCUT2D eigenvalue weighted by molar-refractivity contribution is 0.207. The lowest BCUT2D eigenvalue weighted by atomic mass is 9.86. The third kappa shape index (κ3) is 2.81. The van der Waals surface area contributed by atoms with Gasteiger partial charge in [0.25, 0.3) is 0 Å². The second-order valence-corrected chi connectivity index (χ2v) is 4.21. The fourth-order valence-corrected chi connectivity index (χ4v) is 2.10. The minimum atomic E-state index is -1.22. The first-order valence-electron chi connectivity index (χ1n) is 5.81. The highest BCUT2D eigenvalue weighted by atomic mass is 19.1. The highest BCUT2D eigenvalue weighted by Crippen LogP contribution is 2.31. The van der Waals surface area contributed by atoms with Crippen molar-refractivity contribution in [3.63, 3.8) is 0 Å². The molecule has 1 nitrogen and oxygen atoms in total. The summed E-state index contributed by atoms with van der Waals surface area (Å²) in [6.07, 6.45) is 9.39. The molecule has 0 aliphatic heterocycles. The van der Waals surface area contributed by atoms with Crippen LogP contribution in [-0.2, 0) is 0 Å². The molecule has 0 aromatic carbocycles. The summed E-state index contributed by atoms with van der Waals surface area (Å²) in [5.74, 6) is 0. The van der Waals surface area contributed by atoms with Crippen LogP contribution in [0.25, 0.3) is 0 Å². The van der Waals surface area contributed by atoms with Gasteiger partial charge in [0.2, 0.25) is 0 Å². The van der Waals surface area contributed by atoms with Crippen LogP contribution in [-0.4, -0.2) is 12.2 Å². The van der Waals surface area contributed by atoms with Gasteiger partial charge in [-0.15, -0.1) is 0 Å². The highest BCUT2D eigenvalue weighted by molar-refractivity contribution is 5.18. The summed E-state index contributed by atoms with van der Waals surface area (Å²) in [7, 11) is 0. The van der Waals surface area contributed by atoms with Crippen molar-refractivity contribution in [1.29, 1.82) is 0 Å². The van der Waals surface area contributed by atoms with Crippen molar-refractivity contribution >= 4 is 0 Å². The molecule has 0 heterocycles. The molecule has 14 heavy (non-hydrogen) atoms. The number of rotatable bonds is 3. The average Bonchev–Trinajstić information content (AvgIpc) is 2.16. The van der Waals surface area contributed by atoms with Crippen molar-refractivity contribution in [2.45, 2.75) is 57.5 Å². The minimum Gasteiger partial charge on any atom is -0.327 e. The molecule has 1 unspecified atom stereocenters. The van der Waals surface area contributed by atoms with Gasteiger partial charge in [-0.05, 0) is 37.7 Å². The third-order valence-electron chi connectivity index (χ3n) is 3.25. The Balaban J connectivity index is 2.70. The van der Waals surface area contributed by atoms with E-state index in [-0.39, 0.29) is 6.54 Å². The van der Waals surface area contributed by atoms with Gasteiger partial charge in [0.05, 0.1) is 0 Å². The average molecular weight is 199 g/mol. The molecule has 82 valence electrons. The molecule has 0 bridgehead atoms. The van der Waals surface area contributed by atoms with Crippen molar-refractivity contribution in [2.24, 2.45) is 5.73 Å². The normalized spacial score (nSPS) is 23.2. The molecule has 1 rings (SSSR count). The molecule has 0 fully saturated rings. The molecular weight excluding hydrogens is 177 g/mol. The first kappa shape index (κ1) is 11.7. The van der Waals surface area contributed by atoms with Gasteiger partial charge in [-0.25, -0.2) is 4.39 Å². The fraction of sp³-hybridized carbons (Fsp3) is 0.833. The second-order valence-electron chi connectivity index (χ2n) is 4.21. The lowest BCUT2D eigenvalue weighted by Gasteiger charge is -2.26. The van der Waals surface area contributed by atoms with Crippen LogP contribution in [0.15, 0.2) is 11.6 Å². The van der Waals surface area contributed by atoms with E-state index in [1.165, 1.54) is 19.3 Å². The summed E-state index contributed by atoms with van der Waals surface area (Å²) < 4.78 is 14.3. The summed E-state index contributed by atoms with van der Waals surface area (Å²) in [5, 5.41) is 0. The Labute approximate surface area is 86.6 Å². The van der Waals surface area contributed by atoms with E-state index in [4.69, 9.17) is 5.73 Å². The van der Waals surface area contributed by atoms with Crippen molar-refractivity contribution in [1.82, 2.24) is 0 Å². The number of hydrogen-bond acceptors (Lipinski definition) is 1. The number of hydrogen-bond donors (Lipinski definition) is 1. The molecule has 0 saturated heterocycles. The SMILES string of the molecule is CCC(F)(CN)C1=CCCCCCC1. The summed E-state index contributed by atoms with van der Waals surface area (Å²) in [5.41, 5.74) is 5.26. The Kier molecular flexibility index (Phi) is 4.59. The summed E-state index contributed by atoms with van der Waals surface area (Å²) >= 11 is 0. The summed E-state index contributed by atoms with van der Waals surface area (Å²) in [4.78, 5) is 0. The standard InChI is InChI=1S/C12H22FN/c1-2-12(13,10-14)11-8-6-4-3-5-7-9-11/h8H,2-7,9-10,14H2,1H3. The Morgan fingerprint density at radius 3 is 2.71 bits per heavy atom. The smallest absolute Gasteiger partial charge is 0.143 e. The van der Waals surface area contributed by atoms with Crippen molar-refractivity contribution in [3.8, 4) is 0 Å². The van der Waals surface area contributed by atoms with Crippen LogP contribution >= 0.6 is 0 Å². The Morgan fingerprint density at radius 2 is 2.07 bits per heavy atom. The van der Waals surface area contributed by atoms with E-state index in [1.807, 2.05) is 6.92 Å². The molecule has 1 aliphatic carbocycles. The molecule has 1 aliphatic rings. The third-order valence-corrected chi connectivity index (χ3v) is 3.25. The Bertz CT molecular complexity index is 194. The summed E-state index contributed by atoms with van der Waals surface area (Å²) in [6.45, 7) is 2.02. The molecule has 0 amide bonds. The van der Waals surface area contributed by atoms with E-state index in [1.54, 1.807) is 0 Å². The van der Waals surface area contributed by atoms with Gasteiger partial charge in [0, 0.05) is 6.54 Å². The number of alkyl halides is 1. The second kappa shape index (κ2) is 5.50. The van der Waals surface area contributed by atoms with Crippen molar-refractivity contribution in [2.75, 3.05) is 6.54 Å². The monoisotopic (exact) mass is 199 g/mol. The topological polar surface area (TPSA) is 26.0 Å². The van der Waals surface area contributed by atoms with E-state index < -0.39 is 5.67 Å². The van der Waals surface area contributed by atoms with Crippen LogP contribution < -0.4 is 5.73 Å². The maximum absolute atomic E-state index is 14.3. The minimum absolute atomic E-state index is 0.134. The van der Waals surface area contributed by atoms with E-state index in [2.05, 4.69) is 6.08 Å². The molecule has 2 heteroatoms. The van der Waals surface area contributed by atoms with E-state index >= 15 is 0 Å². The van der Waals surface area contributed by atoms with Gasteiger partial charge in [-0.1, -0.05) is 25.8 Å². The predicted octanol–water partition coefficient (Wildman–Crippen LogP) is 3.34. The Hall–Kier alpha value is -0.370. The van der Waals surface area contributed by atoms with Gasteiger partial charge in [-0.3, -0.25) is 0 Å². The Morgan fingerprint density at radius 1 is 1.36 bits per heavy atom. The van der Waals surface area contributed by atoms with Gasteiger partial charge in [-0.2, -0.15) is 0 Å². The van der Waals surface area contributed by atoms with E-state index in [0.29, 0.717) is 6.42 Å². The van der Waals surface area contributed by atoms with Crippen LogP contribution in [0.4, 0.5) is 4.39 Å². The first-order chi connectivity index (χ1) is 6.73. The zero-order chi connectivity index (χ0) is 10.4. The zero-order valence-electron chi connectivity index (χ0n) is 9.19. The highest BCUT2D eigenvalue weighted by Gasteiger charge is 2.30. The number of allylic oxidation sites excluding steroid dienone is 1. The molecule has 0 saturated carbocycles.